The Kier molecular flexibility index (Phi) is 6.17. The average Bonchev–Trinajstić information content (AvgIpc) is 1.89. The minimum atomic E-state index is 0.361. The van der Waals surface area contributed by atoms with Gasteiger partial charge in [-0.15, -0.1) is 0 Å². The minimum Gasteiger partial charge on any atom is -0.0931 e. The molecule has 9 heavy (non-hydrogen) atoms. The lowest BCUT2D eigenvalue weighted by Gasteiger charge is -1.81. The van der Waals surface area contributed by atoms with Gasteiger partial charge in [0.25, 0.3) is 0 Å². The molecule has 6 nitrogen and oxygen atoms in total. The fraction of sp³-hybridized carbons (Fsp3) is 1.00. The van der Waals surface area contributed by atoms with Crippen molar-refractivity contribution in [3.8, 4) is 0 Å². The second kappa shape index (κ2) is 6.97. The summed E-state index contributed by atoms with van der Waals surface area (Å²) in [6.45, 7) is 0.361. The Labute approximate surface area is 55.6 Å². The van der Waals surface area contributed by atoms with E-state index >= 15 is 0 Å². The zero-order chi connectivity index (χ0) is 6.95. The van der Waals surface area contributed by atoms with Gasteiger partial charge in [0.1, 0.15) is 0 Å². The minimum absolute atomic E-state index is 0.361. The fourth-order valence-electron chi connectivity index (χ4n) is 0.193. The molecular formula is C2H4N6S. The molecule has 0 aromatic rings. The smallest absolute Gasteiger partial charge is 0.0351 e. The summed E-state index contributed by atoms with van der Waals surface area (Å²) in [7, 11) is 0. The molecule has 0 spiro atoms. The SMILES string of the molecule is [N-]=[N+]=NCCSN=[N+]=[N-]. The highest BCUT2D eigenvalue weighted by Gasteiger charge is 1.78. The van der Waals surface area contributed by atoms with Crippen LogP contribution in [-0.2, 0) is 0 Å². The lowest BCUT2D eigenvalue weighted by Crippen LogP contribution is -1.77. The molecule has 0 N–H and O–H groups in total. The Morgan fingerprint density at radius 2 is 2.11 bits per heavy atom. The van der Waals surface area contributed by atoms with Crippen molar-refractivity contribution < 1.29 is 0 Å². The zero-order valence-electron chi connectivity index (χ0n) is 4.51. The van der Waals surface area contributed by atoms with Gasteiger partial charge in [0, 0.05) is 22.1 Å². The molecule has 0 unspecified atom stereocenters. The van der Waals surface area contributed by atoms with E-state index in [9.17, 15) is 0 Å². The van der Waals surface area contributed by atoms with Gasteiger partial charge >= 0.3 is 0 Å². The summed E-state index contributed by atoms with van der Waals surface area (Å²) in [6.07, 6.45) is 0. The molecule has 0 aromatic heterocycles. The van der Waals surface area contributed by atoms with Crippen LogP contribution >= 0.6 is 11.9 Å². The van der Waals surface area contributed by atoms with Crippen molar-refractivity contribution in [2.45, 2.75) is 0 Å². The van der Waals surface area contributed by atoms with Crippen molar-refractivity contribution in [1.82, 2.24) is 0 Å². The Morgan fingerprint density at radius 1 is 1.33 bits per heavy atom. The van der Waals surface area contributed by atoms with Crippen molar-refractivity contribution in [2.75, 3.05) is 12.3 Å². The molecule has 0 aliphatic carbocycles. The number of azide groups is 2. The molecule has 0 rings (SSSR count). The van der Waals surface area contributed by atoms with Crippen LogP contribution in [-0.4, -0.2) is 12.3 Å². The highest BCUT2D eigenvalue weighted by molar-refractivity contribution is 7.97. The van der Waals surface area contributed by atoms with Gasteiger partial charge in [-0.3, -0.25) is 0 Å². The highest BCUT2D eigenvalue weighted by Crippen LogP contribution is 1.99. The van der Waals surface area contributed by atoms with Gasteiger partial charge in [0.05, 0.1) is 0 Å². The number of hydrogen-bond donors (Lipinski definition) is 0. The van der Waals surface area contributed by atoms with E-state index in [-0.39, 0.29) is 0 Å². The van der Waals surface area contributed by atoms with Crippen LogP contribution in [0.4, 0.5) is 0 Å². The monoisotopic (exact) mass is 144 g/mol. The number of rotatable bonds is 4. The molecule has 7 heteroatoms. The summed E-state index contributed by atoms with van der Waals surface area (Å²) in [5.41, 5.74) is 15.5. The second-order valence-corrected chi connectivity index (χ2v) is 1.79. The van der Waals surface area contributed by atoms with Crippen LogP contribution in [0.2, 0.25) is 0 Å². The van der Waals surface area contributed by atoms with Crippen molar-refractivity contribution in [1.29, 1.82) is 0 Å². The summed E-state index contributed by atoms with van der Waals surface area (Å²) in [5, 5.41) is 3.22. The molecule has 0 fully saturated rings. The summed E-state index contributed by atoms with van der Waals surface area (Å²) in [6, 6.07) is 0. The standard InChI is InChI=1S/C2H4N6S/c3-6-5-1-2-9-8-7-4/h1-2H2. The largest absolute Gasteiger partial charge is 0.0931 e. The maximum atomic E-state index is 7.77. The fourth-order valence-corrected chi connectivity index (χ4v) is 0.490. The van der Waals surface area contributed by atoms with Crippen LogP contribution < -0.4 is 0 Å². The van der Waals surface area contributed by atoms with E-state index in [1.54, 1.807) is 0 Å². The third-order valence-electron chi connectivity index (χ3n) is 0.440. The lowest BCUT2D eigenvalue weighted by molar-refractivity contribution is 1.12. The van der Waals surface area contributed by atoms with Gasteiger partial charge in [-0.05, 0) is 15.6 Å². The summed E-state index contributed by atoms with van der Waals surface area (Å²) in [5.74, 6) is 0.536. The predicted octanol–water partition coefficient (Wildman–Crippen LogP) is 2.26. The molecule has 0 atom stereocenters. The number of nitrogens with zero attached hydrogens (tertiary/aromatic N) is 6. The molecule has 0 saturated carbocycles. The quantitative estimate of drug-likeness (QED) is 0.195. The highest BCUT2D eigenvalue weighted by atomic mass is 32.2. The molecule has 0 saturated heterocycles. The first kappa shape index (κ1) is 7.97. The topological polar surface area (TPSA) is 97.5 Å². The first-order valence-electron chi connectivity index (χ1n) is 2.09. The third-order valence-corrected chi connectivity index (χ3v) is 0.994. The van der Waals surface area contributed by atoms with Gasteiger partial charge in [-0.25, -0.2) is 0 Å². The molecular weight excluding hydrogens is 140 g/mol. The van der Waals surface area contributed by atoms with Crippen LogP contribution in [0.3, 0.4) is 0 Å². The Bertz CT molecular complexity index is 134. The Hall–Kier alpha value is -1.03. The summed E-state index contributed by atoms with van der Waals surface area (Å²) < 4.78 is 3.16. The molecule has 0 aliphatic heterocycles. The van der Waals surface area contributed by atoms with E-state index in [0.29, 0.717) is 12.3 Å². The molecule has 0 bridgehead atoms. The number of hydrogen-bond acceptors (Lipinski definition) is 3. The molecule has 0 amide bonds. The van der Waals surface area contributed by atoms with Gasteiger partial charge < -0.3 is 0 Å². The molecule has 48 valence electrons. The molecule has 0 radical (unpaired) electrons. The van der Waals surface area contributed by atoms with Crippen LogP contribution in [0, 0.1) is 0 Å². The van der Waals surface area contributed by atoms with Crippen molar-refractivity contribution in [3.05, 3.63) is 20.9 Å². The van der Waals surface area contributed by atoms with E-state index in [0.717, 1.165) is 11.9 Å². The summed E-state index contributed by atoms with van der Waals surface area (Å²) in [4.78, 5) is 5.00. The molecule has 0 aliphatic rings. The third kappa shape index (κ3) is 6.97. The summed E-state index contributed by atoms with van der Waals surface area (Å²) >= 11 is 1.04. The maximum absolute atomic E-state index is 7.77. The van der Waals surface area contributed by atoms with E-state index in [4.69, 9.17) is 11.1 Å². The Balaban J connectivity index is 3.09. The van der Waals surface area contributed by atoms with Gasteiger partial charge in [0.15, 0.2) is 0 Å². The van der Waals surface area contributed by atoms with Gasteiger partial charge in [-0.2, -0.15) is 0 Å². The van der Waals surface area contributed by atoms with Crippen molar-refractivity contribution in [3.63, 3.8) is 0 Å². The first-order valence-corrected chi connectivity index (χ1v) is 3.03. The lowest BCUT2D eigenvalue weighted by atomic mass is 10.8. The van der Waals surface area contributed by atoms with E-state index in [1.807, 2.05) is 0 Å². The van der Waals surface area contributed by atoms with Gasteiger partial charge in [-0.1, -0.05) is 17.1 Å². The average molecular weight is 144 g/mol. The first-order chi connectivity index (χ1) is 4.41. The van der Waals surface area contributed by atoms with Crippen LogP contribution in [0.1, 0.15) is 0 Å². The maximum Gasteiger partial charge on any atom is 0.0351 e. The van der Waals surface area contributed by atoms with Crippen molar-refractivity contribution in [2.24, 2.45) is 9.63 Å². The molecule has 0 aromatic carbocycles. The van der Waals surface area contributed by atoms with Crippen LogP contribution in [0.15, 0.2) is 9.63 Å². The van der Waals surface area contributed by atoms with E-state index in [1.165, 1.54) is 0 Å². The zero-order valence-corrected chi connectivity index (χ0v) is 5.32. The van der Waals surface area contributed by atoms with Crippen LogP contribution in [0.5, 0.6) is 0 Å². The Morgan fingerprint density at radius 3 is 2.67 bits per heavy atom. The molecule has 0 heterocycles. The van der Waals surface area contributed by atoms with Crippen molar-refractivity contribution >= 4 is 11.9 Å². The normalized spacial score (nSPS) is 7.11. The second-order valence-electron chi connectivity index (χ2n) is 0.959. The van der Waals surface area contributed by atoms with E-state index in [2.05, 4.69) is 19.5 Å². The van der Waals surface area contributed by atoms with E-state index < -0.39 is 0 Å². The van der Waals surface area contributed by atoms with Crippen LogP contribution in [0.25, 0.3) is 20.9 Å². The predicted molar refractivity (Wildman–Crippen MR) is 35.6 cm³/mol. The van der Waals surface area contributed by atoms with Gasteiger partial charge in [0.2, 0.25) is 0 Å².